The molecule has 0 atom stereocenters. The molecule has 1 saturated heterocycles. The number of anilines is 1. The van der Waals surface area contributed by atoms with Gasteiger partial charge in [-0.25, -0.2) is 0 Å². The first-order valence-electron chi connectivity index (χ1n) is 8.96. The minimum absolute atomic E-state index is 0.375. The van der Waals surface area contributed by atoms with E-state index in [-0.39, 0.29) is 5.91 Å². The van der Waals surface area contributed by atoms with Gasteiger partial charge >= 0.3 is 0 Å². The molecule has 0 saturated carbocycles. The standard InChI is InChI=1S/C21H26N2O2/c1-3-23(18-9-11-25-12-10-18)20-14-17(16-7-5-4-6-8-16)13-19(15(20)2)21(22)24/h4-8,13-14,18H,3,9-12H2,1-2H3,(H2,22,24). The van der Waals surface area contributed by atoms with Gasteiger partial charge in [-0.15, -0.1) is 0 Å². The number of nitrogens with two attached hydrogens (primary N) is 1. The molecule has 1 amide bonds. The third kappa shape index (κ3) is 3.69. The zero-order valence-corrected chi connectivity index (χ0v) is 15.0. The van der Waals surface area contributed by atoms with Gasteiger partial charge in [-0.3, -0.25) is 4.79 Å². The lowest BCUT2D eigenvalue weighted by Gasteiger charge is -2.37. The van der Waals surface area contributed by atoms with Crippen LogP contribution in [0.1, 0.15) is 35.7 Å². The number of hydrogen-bond acceptors (Lipinski definition) is 3. The van der Waals surface area contributed by atoms with Crippen LogP contribution in [0.4, 0.5) is 5.69 Å². The second-order valence-electron chi connectivity index (χ2n) is 6.53. The Kier molecular flexibility index (Phi) is 5.39. The summed E-state index contributed by atoms with van der Waals surface area (Å²) in [6.07, 6.45) is 2.02. The van der Waals surface area contributed by atoms with E-state index in [1.165, 1.54) is 0 Å². The number of nitrogens with zero attached hydrogens (tertiary/aromatic N) is 1. The van der Waals surface area contributed by atoms with Gasteiger partial charge in [0.05, 0.1) is 0 Å². The maximum absolute atomic E-state index is 12.0. The van der Waals surface area contributed by atoms with E-state index in [1.807, 2.05) is 31.2 Å². The Balaban J connectivity index is 2.10. The molecule has 2 aromatic rings. The number of primary amides is 1. The van der Waals surface area contributed by atoms with Crippen molar-refractivity contribution in [2.45, 2.75) is 32.7 Å². The van der Waals surface area contributed by atoms with Gasteiger partial charge in [0.2, 0.25) is 5.91 Å². The van der Waals surface area contributed by atoms with Crippen LogP contribution in [0.2, 0.25) is 0 Å². The summed E-state index contributed by atoms with van der Waals surface area (Å²) in [5.74, 6) is -0.375. The SMILES string of the molecule is CCN(c1cc(-c2ccccc2)cc(C(N)=O)c1C)C1CCOCC1. The minimum Gasteiger partial charge on any atom is -0.381 e. The lowest BCUT2D eigenvalue weighted by atomic mass is 9.95. The summed E-state index contributed by atoms with van der Waals surface area (Å²) in [6, 6.07) is 14.7. The van der Waals surface area contributed by atoms with E-state index >= 15 is 0 Å². The largest absolute Gasteiger partial charge is 0.381 e. The van der Waals surface area contributed by atoms with Crippen molar-refractivity contribution in [1.29, 1.82) is 0 Å². The highest BCUT2D eigenvalue weighted by molar-refractivity contribution is 5.97. The van der Waals surface area contributed by atoms with Crippen LogP contribution in [0.3, 0.4) is 0 Å². The summed E-state index contributed by atoms with van der Waals surface area (Å²) >= 11 is 0. The van der Waals surface area contributed by atoms with E-state index in [0.29, 0.717) is 11.6 Å². The van der Waals surface area contributed by atoms with Crippen molar-refractivity contribution in [3.8, 4) is 11.1 Å². The fourth-order valence-corrected chi connectivity index (χ4v) is 3.67. The number of carbonyl (C=O) groups is 1. The first kappa shape index (κ1) is 17.5. The second kappa shape index (κ2) is 7.70. The van der Waals surface area contributed by atoms with Gasteiger partial charge in [0.25, 0.3) is 0 Å². The molecule has 0 bridgehead atoms. The van der Waals surface area contributed by atoms with Gasteiger partial charge in [-0.05, 0) is 55.5 Å². The summed E-state index contributed by atoms with van der Waals surface area (Å²) in [5.41, 5.74) is 10.5. The molecular weight excluding hydrogens is 312 g/mol. The number of benzene rings is 2. The molecule has 1 aliphatic rings. The van der Waals surface area contributed by atoms with Crippen LogP contribution in [0, 0.1) is 6.92 Å². The van der Waals surface area contributed by atoms with Crippen molar-refractivity contribution in [3.05, 3.63) is 53.6 Å². The van der Waals surface area contributed by atoms with Gasteiger partial charge in [-0.2, -0.15) is 0 Å². The highest BCUT2D eigenvalue weighted by Crippen LogP contribution is 2.33. The van der Waals surface area contributed by atoms with Crippen LogP contribution < -0.4 is 10.6 Å². The van der Waals surface area contributed by atoms with E-state index < -0.39 is 0 Å². The van der Waals surface area contributed by atoms with Gasteiger partial charge in [0.1, 0.15) is 0 Å². The average molecular weight is 338 g/mol. The second-order valence-corrected chi connectivity index (χ2v) is 6.53. The Bertz CT molecular complexity index is 737. The quantitative estimate of drug-likeness (QED) is 0.903. The summed E-state index contributed by atoms with van der Waals surface area (Å²) in [4.78, 5) is 14.4. The lowest BCUT2D eigenvalue weighted by Crippen LogP contribution is -2.40. The van der Waals surface area contributed by atoms with Gasteiger partial charge < -0.3 is 15.4 Å². The molecule has 0 aromatic heterocycles. The summed E-state index contributed by atoms with van der Waals surface area (Å²) in [6.45, 7) is 6.63. The molecular formula is C21H26N2O2. The van der Waals surface area contributed by atoms with E-state index in [2.05, 4.69) is 30.0 Å². The van der Waals surface area contributed by atoms with Crippen molar-refractivity contribution < 1.29 is 9.53 Å². The molecule has 2 aromatic carbocycles. The van der Waals surface area contributed by atoms with Gasteiger partial charge in [0, 0.05) is 37.1 Å². The van der Waals surface area contributed by atoms with Crippen LogP contribution in [0.15, 0.2) is 42.5 Å². The molecule has 2 N–H and O–H groups in total. The normalized spacial score (nSPS) is 15.1. The van der Waals surface area contributed by atoms with E-state index in [4.69, 9.17) is 10.5 Å². The van der Waals surface area contributed by atoms with Crippen molar-refractivity contribution in [2.24, 2.45) is 5.73 Å². The monoisotopic (exact) mass is 338 g/mol. The third-order valence-electron chi connectivity index (χ3n) is 5.03. The van der Waals surface area contributed by atoms with Crippen LogP contribution in [-0.2, 0) is 4.74 Å². The van der Waals surface area contributed by atoms with E-state index in [0.717, 1.165) is 55.0 Å². The topological polar surface area (TPSA) is 55.6 Å². The fourth-order valence-electron chi connectivity index (χ4n) is 3.67. The molecule has 1 fully saturated rings. The predicted molar refractivity (Wildman–Crippen MR) is 102 cm³/mol. The predicted octanol–water partition coefficient (Wildman–Crippen LogP) is 3.77. The van der Waals surface area contributed by atoms with Crippen molar-refractivity contribution in [2.75, 3.05) is 24.7 Å². The minimum atomic E-state index is -0.375. The molecule has 0 spiro atoms. The summed E-state index contributed by atoms with van der Waals surface area (Å²) < 4.78 is 5.51. The summed E-state index contributed by atoms with van der Waals surface area (Å²) in [7, 11) is 0. The van der Waals surface area contributed by atoms with Crippen LogP contribution in [0.25, 0.3) is 11.1 Å². The molecule has 1 aliphatic heterocycles. The Morgan fingerprint density at radius 3 is 2.44 bits per heavy atom. The van der Waals surface area contributed by atoms with E-state index in [9.17, 15) is 4.79 Å². The first-order valence-corrected chi connectivity index (χ1v) is 8.96. The van der Waals surface area contributed by atoms with Crippen molar-refractivity contribution in [1.82, 2.24) is 0 Å². The van der Waals surface area contributed by atoms with Crippen LogP contribution >= 0.6 is 0 Å². The molecule has 4 heteroatoms. The lowest BCUT2D eigenvalue weighted by molar-refractivity contribution is 0.0846. The molecule has 25 heavy (non-hydrogen) atoms. The molecule has 0 unspecified atom stereocenters. The maximum atomic E-state index is 12.0. The molecule has 132 valence electrons. The third-order valence-corrected chi connectivity index (χ3v) is 5.03. The highest BCUT2D eigenvalue weighted by Gasteiger charge is 2.24. The molecule has 4 nitrogen and oxygen atoms in total. The number of rotatable bonds is 5. The smallest absolute Gasteiger partial charge is 0.249 e. The van der Waals surface area contributed by atoms with Crippen molar-refractivity contribution in [3.63, 3.8) is 0 Å². The van der Waals surface area contributed by atoms with Crippen LogP contribution in [-0.4, -0.2) is 31.7 Å². The van der Waals surface area contributed by atoms with Gasteiger partial charge in [0.15, 0.2) is 0 Å². The Labute approximate surface area is 149 Å². The zero-order chi connectivity index (χ0) is 17.8. The van der Waals surface area contributed by atoms with Crippen molar-refractivity contribution >= 4 is 11.6 Å². The summed E-state index contributed by atoms with van der Waals surface area (Å²) in [5, 5.41) is 0. The zero-order valence-electron chi connectivity index (χ0n) is 15.0. The average Bonchev–Trinajstić information content (AvgIpc) is 2.65. The highest BCUT2D eigenvalue weighted by atomic mass is 16.5. The van der Waals surface area contributed by atoms with E-state index in [1.54, 1.807) is 0 Å². The Morgan fingerprint density at radius 1 is 1.16 bits per heavy atom. The number of ether oxygens (including phenoxy) is 1. The molecule has 0 radical (unpaired) electrons. The van der Waals surface area contributed by atoms with Gasteiger partial charge in [-0.1, -0.05) is 30.3 Å². The fraction of sp³-hybridized carbons (Fsp3) is 0.381. The first-order chi connectivity index (χ1) is 12.1. The number of hydrogen-bond donors (Lipinski definition) is 1. The molecule has 3 rings (SSSR count). The maximum Gasteiger partial charge on any atom is 0.249 e. The number of amides is 1. The van der Waals surface area contributed by atoms with Crippen LogP contribution in [0.5, 0.6) is 0 Å². The molecule has 1 heterocycles. The Morgan fingerprint density at radius 2 is 1.84 bits per heavy atom. The number of carbonyl (C=O) groups excluding carboxylic acids is 1. The molecule has 0 aliphatic carbocycles. The Hall–Kier alpha value is -2.33.